The lowest BCUT2D eigenvalue weighted by Crippen LogP contribution is -2.28. The number of likely N-dealkylation sites (N-methyl/N-ethyl adjacent to an activating group) is 1. The Hall–Kier alpha value is -2.10. The number of hydrogen-bond acceptors (Lipinski definition) is 3. The molecule has 88 valence electrons. The van der Waals surface area contributed by atoms with Crippen LogP contribution in [0, 0.1) is 0 Å². The molecule has 0 fully saturated rings. The number of carbonyl (C=O) groups excluding carboxylic acids is 1. The molecule has 0 N–H and O–H groups in total. The van der Waals surface area contributed by atoms with E-state index in [1.807, 2.05) is 18.2 Å². The van der Waals surface area contributed by atoms with Gasteiger partial charge in [0.05, 0.1) is 6.26 Å². The van der Waals surface area contributed by atoms with Crippen molar-refractivity contribution in [1.82, 2.24) is 9.88 Å². The Bertz CT molecular complexity index is 465. The zero-order valence-corrected chi connectivity index (χ0v) is 9.67. The van der Waals surface area contributed by atoms with Crippen molar-refractivity contribution < 1.29 is 9.21 Å². The second-order valence-electron chi connectivity index (χ2n) is 3.78. The molecule has 0 unspecified atom stereocenters. The van der Waals surface area contributed by atoms with Crippen molar-refractivity contribution in [2.75, 3.05) is 13.6 Å². The number of aromatic nitrogens is 1. The van der Waals surface area contributed by atoms with E-state index in [1.165, 1.54) is 6.26 Å². The molecule has 0 saturated carbocycles. The Morgan fingerprint density at radius 3 is 2.88 bits per heavy atom. The molecule has 0 saturated heterocycles. The van der Waals surface area contributed by atoms with Crippen LogP contribution in [-0.4, -0.2) is 29.4 Å². The van der Waals surface area contributed by atoms with Crippen LogP contribution in [-0.2, 0) is 6.42 Å². The van der Waals surface area contributed by atoms with Gasteiger partial charge < -0.3 is 9.32 Å². The monoisotopic (exact) mass is 230 g/mol. The SMILES string of the molecule is CN(CCc1ccccn1)C(=O)c1ccco1. The van der Waals surface area contributed by atoms with Crippen LogP contribution in [0.1, 0.15) is 16.2 Å². The van der Waals surface area contributed by atoms with Gasteiger partial charge in [0.1, 0.15) is 0 Å². The van der Waals surface area contributed by atoms with Gasteiger partial charge in [0.15, 0.2) is 5.76 Å². The van der Waals surface area contributed by atoms with Crippen LogP contribution in [0.3, 0.4) is 0 Å². The Morgan fingerprint density at radius 2 is 2.24 bits per heavy atom. The fraction of sp³-hybridized carbons (Fsp3) is 0.231. The van der Waals surface area contributed by atoms with Gasteiger partial charge in [0.2, 0.25) is 0 Å². The van der Waals surface area contributed by atoms with Gasteiger partial charge in [-0.15, -0.1) is 0 Å². The predicted octanol–water partition coefficient (Wildman–Crippen LogP) is 1.99. The van der Waals surface area contributed by atoms with Crippen molar-refractivity contribution in [1.29, 1.82) is 0 Å². The number of carbonyl (C=O) groups is 1. The highest BCUT2D eigenvalue weighted by Gasteiger charge is 2.13. The number of nitrogens with zero attached hydrogens (tertiary/aromatic N) is 2. The van der Waals surface area contributed by atoms with Crippen molar-refractivity contribution in [2.45, 2.75) is 6.42 Å². The van der Waals surface area contributed by atoms with Gasteiger partial charge in [0.25, 0.3) is 5.91 Å². The first-order chi connectivity index (χ1) is 8.27. The molecule has 2 aromatic heterocycles. The third-order valence-electron chi connectivity index (χ3n) is 2.51. The van der Waals surface area contributed by atoms with Gasteiger partial charge in [-0.05, 0) is 24.3 Å². The smallest absolute Gasteiger partial charge is 0.289 e. The van der Waals surface area contributed by atoms with Crippen molar-refractivity contribution in [3.63, 3.8) is 0 Å². The molecule has 2 rings (SSSR count). The average molecular weight is 230 g/mol. The lowest BCUT2D eigenvalue weighted by Gasteiger charge is -2.15. The number of hydrogen-bond donors (Lipinski definition) is 0. The van der Waals surface area contributed by atoms with Gasteiger partial charge in [-0.3, -0.25) is 9.78 Å². The Balaban J connectivity index is 1.90. The largest absolute Gasteiger partial charge is 0.459 e. The van der Waals surface area contributed by atoms with Crippen LogP contribution in [0.2, 0.25) is 0 Å². The summed E-state index contributed by atoms with van der Waals surface area (Å²) in [7, 11) is 1.76. The van der Waals surface area contributed by atoms with E-state index in [2.05, 4.69) is 4.98 Å². The van der Waals surface area contributed by atoms with Crippen molar-refractivity contribution in [3.8, 4) is 0 Å². The summed E-state index contributed by atoms with van der Waals surface area (Å²) in [4.78, 5) is 17.7. The normalized spacial score (nSPS) is 10.2. The van der Waals surface area contributed by atoms with Crippen molar-refractivity contribution in [3.05, 3.63) is 54.2 Å². The summed E-state index contributed by atoms with van der Waals surface area (Å²) >= 11 is 0. The first-order valence-corrected chi connectivity index (χ1v) is 5.46. The van der Waals surface area contributed by atoms with E-state index in [4.69, 9.17) is 4.42 Å². The lowest BCUT2D eigenvalue weighted by molar-refractivity contribution is 0.0765. The molecular formula is C13H14N2O2. The average Bonchev–Trinajstić information content (AvgIpc) is 2.90. The van der Waals surface area contributed by atoms with E-state index in [0.717, 1.165) is 12.1 Å². The fourth-order valence-corrected chi connectivity index (χ4v) is 1.52. The van der Waals surface area contributed by atoms with Gasteiger partial charge >= 0.3 is 0 Å². The molecule has 0 aliphatic rings. The third kappa shape index (κ3) is 2.93. The van der Waals surface area contributed by atoms with Crippen molar-refractivity contribution >= 4 is 5.91 Å². The minimum absolute atomic E-state index is 0.106. The summed E-state index contributed by atoms with van der Waals surface area (Å²) in [5.41, 5.74) is 0.978. The maximum Gasteiger partial charge on any atom is 0.289 e. The second-order valence-corrected chi connectivity index (χ2v) is 3.78. The number of furan rings is 1. The zero-order valence-electron chi connectivity index (χ0n) is 9.67. The van der Waals surface area contributed by atoms with E-state index >= 15 is 0 Å². The first kappa shape index (κ1) is 11.4. The predicted molar refractivity (Wildman–Crippen MR) is 63.6 cm³/mol. The molecule has 2 heterocycles. The number of rotatable bonds is 4. The van der Waals surface area contributed by atoms with Crippen LogP contribution in [0.15, 0.2) is 47.2 Å². The quantitative estimate of drug-likeness (QED) is 0.807. The maximum absolute atomic E-state index is 11.8. The molecule has 4 heteroatoms. The number of pyridine rings is 1. The van der Waals surface area contributed by atoms with Gasteiger partial charge in [-0.1, -0.05) is 6.07 Å². The highest BCUT2D eigenvalue weighted by Crippen LogP contribution is 2.05. The summed E-state index contributed by atoms with van der Waals surface area (Å²) in [6.07, 6.45) is 3.99. The molecule has 17 heavy (non-hydrogen) atoms. The molecule has 0 bridgehead atoms. The van der Waals surface area contributed by atoms with E-state index in [0.29, 0.717) is 12.3 Å². The Labute approximate surface area is 99.9 Å². The standard InChI is InChI=1S/C13H14N2O2/c1-15(13(16)12-6-4-10-17-12)9-7-11-5-2-3-8-14-11/h2-6,8,10H,7,9H2,1H3. The molecule has 0 aliphatic carbocycles. The van der Waals surface area contributed by atoms with E-state index in [-0.39, 0.29) is 5.91 Å². The van der Waals surface area contributed by atoms with Crippen molar-refractivity contribution in [2.24, 2.45) is 0 Å². The summed E-state index contributed by atoms with van der Waals surface area (Å²) in [5.74, 6) is 0.263. The summed E-state index contributed by atoms with van der Waals surface area (Å²) in [6.45, 7) is 0.622. The number of amides is 1. The summed E-state index contributed by atoms with van der Waals surface area (Å²) < 4.78 is 5.06. The van der Waals surface area contributed by atoms with E-state index in [9.17, 15) is 4.79 Å². The van der Waals surface area contributed by atoms with Gasteiger partial charge in [-0.25, -0.2) is 0 Å². The molecule has 0 radical (unpaired) electrons. The zero-order chi connectivity index (χ0) is 12.1. The van der Waals surface area contributed by atoms with Gasteiger partial charge in [-0.2, -0.15) is 0 Å². The van der Waals surface area contributed by atoms with E-state index < -0.39 is 0 Å². The molecule has 0 atom stereocenters. The molecule has 2 aromatic rings. The fourth-order valence-electron chi connectivity index (χ4n) is 1.52. The van der Waals surface area contributed by atoms with Crippen LogP contribution >= 0.6 is 0 Å². The molecule has 1 amide bonds. The topological polar surface area (TPSA) is 46.3 Å². The molecule has 0 aromatic carbocycles. The first-order valence-electron chi connectivity index (χ1n) is 5.46. The van der Waals surface area contributed by atoms with Crippen LogP contribution in [0.4, 0.5) is 0 Å². The van der Waals surface area contributed by atoms with Crippen LogP contribution in [0.5, 0.6) is 0 Å². The molecular weight excluding hydrogens is 216 g/mol. The lowest BCUT2D eigenvalue weighted by atomic mass is 10.2. The Kier molecular flexibility index (Phi) is 3.55. The molecule has 4 nitrogen and oxygen atoms in total. The molecule has 0 spiro atoms. The Morgan fingerprint density at radius 1 is 1.35 bits per heavy atom. The maximum atomic E-state index is 11.8. The summed E-state index contributed by atoms with van der Waals surface area (Å²) in [6, 6.07) is 9.14. The minimum Gasteiger partial charge on any atom is -0.459 e. The van der Waals surface area contributed by atoms with E-state index in [1.54, 1.807) is 30.3 Å². The second kappa shape index (κ2) is 5.30. The van der Waals surface area contributed by atoms with Crippen LogP contribution < -0.4 is 0 Å². The molecule has 0 aliphatic heterocycles. The highest BCUT2D eigenvalue weighted by molar-refractivity contribution is 5.91. The minimum atomic E-state index is -0.106. The third-order valence-corrected chi connectivity index (χ3v) is 2.51. The van der Waals surface area contributed by atoms with Crippen LogP contribution in [0.25, 0.3) is 0 Å². The van der Waals surface area contributed by atoms with Gasteiger partial charge in [0, 0.05) is 31.9 Å². The summed E-state index contributed by atoms with van der Waals surface area (Å²) in [5, 5.41) is 0. The highest BCUT2D eigenvalue weighted by atomic mass is 16.3.